The molecule has 0 aromatic heterocycles. The van der Waals surface area contributed by atoms with Gasteiger partial charge >= 0.3 is 0 Å². The minimum absolute atomic E-state index is 0. The van der Waals surface area contributed by atoms with E-state index in [4.69, 9.17) is 15.2 Å². The maximum absolute atomic E-state index is 5.88. The zero-order valence-corrected chi connectivity index (χ0v) is 15.3. The fourth-order valence-corrected chi connectivity index (χ4v) is 2.14. The lowest BCUT2D eigenvalue weighted by molar-refractivity contribution is -0.00683. The maximum Gasteiger partial charge on any atom is 0.188 e. The van der Waals surface area contributed by atoms with E-state index >= 15 is 0 Å². The summed E-state index contributed by atoms with van der Waals surface area (Å²) in [6.07, 6.45) is 0. The number of hydrogen-bond acceptors (Lipinski definition) is 4. The van der Waals surface area contributed by atoms with Gasteiger partial charge in [0.25, 0.3) is 0 Å². The summed E-state index contributed by atoms with van der Waals surface area (Å²) in [6.45, 7) is 11.2. The molecule has 0 radical (unpaired) electrons. The topological polar surface area (TPSA) is 72.1 Å². The molecule has 0 aliphatic carbocycles. The Bertz CT molecular complexity index is 294. The Balaban J connectivity index is 0.00000361. The highest BCUT2D eigenvalue weighted by Gasteiger charge is 2.27. The molecular formula is C13H29IN4O2. The third-order valence-corrected chi connectivity index (χ3v) is 3.31. The van der Waals surface area contributed by atoms with E-state index in [0.29, 0.717) is 19.1 Å². The monoisotopic (exact) mass is 400 g/mol. The largest absolute Gasteiger partial charge is 0.383 e. The van der Waals surface area contributed by atoms with E-state index in [1.165, 1.54) is 0 Å². The van der Waals surface area contributed by atoms with E-state index < -0.39 is 0 Å². The van der Waals surface area contributed by atoms with E-state index in [1.54, 1.807) is 7.11 Å². The second-order valence-electron chi connectivity index (χ2n) is 5.61. The summed E-state index contributed by atoms with van der Waals surface area (Å²) in [5.41, 5.74) is 5.88. The van der Waals surface area contributed by atoms with Gasteiger partial charge < -0.3 is 20.5 Å². The zero-order chi connectivity index (χ0) is 14.3. The van der Waals surface area contributed by atoms with Crippen LogP contribution in [0.3, 0.4) is 0 Å². The van der Waals surface area contributed by atoms with Crippen LogP contribution in [0.2, 0.25) is 0 Å². The highest BCUT2D eigenvalue weighted by Crippen LogP contribution is 2.16. The molecule has 1 aliphatic heterocycles. The average molecular weight is 400 g/mol. The Kier molecular flexibility index (Phi) is 9.69. The molecule has 1 rings (SSSR count). The van der Waals surface area contributed by atoms with Crippen molar-refractivity contribution in [1.29, 1.82) is 0 Å². The molecule has 0 aromatic rings. The highest BCUT2D eigenvalue weighted by molar-refractivity contribution is 14.0. The SMILES string of the molecule is COCC(C)NC(N)=NCC(C)(C)N1CCOCC1.I. The van der Waals surface area contributed by atoms with Crippen molar-refractivity contribution in [2.45, 2.75) is 32.4 Å². The zero-order valence-electron chi connectivity index (χ0n) is 13.0. The minimum atomic E-state index is 0. The maximum atomic E-state index is 5.88. The average Bonchev–Trinajstić information content (AvgIpc) is 2.38. The Labute approximate surface area is 139 Å². The lowest BCUT2D eigenvalue weighted by Crippen LogP contribution is -2.52. The number of nitrogens with two attached hydrogens (primary N) is 1. The third-order valence-electron chi connectivity index (χ3n) is 3.31. The molecular weight excluding hydrogens is 371 g/mol. The van der Waals surface area contributed by atoms with Crippen LogP contribution in [0.25, 0.3) is 0 Å². The van der Waals surface area contributed by atoms with Crippen molar-refractivity contribution in [3.05, 3.63) is 0 Å². The van der Waals surface area contributed by atoms with E-state index in [9.17, 15) is 0 Å². The summed E-state index contributed by atoms with van der Waals surface area (Å²) in [4.78, 5) is 6.83. The first-order valence-corrected chi connectivity index (χ1v) is 6.84. The Hall–Kier alpha value is -0.120. The molecule has 0 spiro atoms. The second kappa shape index (κ2) is 9.75. The molecule has 3 N–H and O–H groups in total. The van der Waals surface area contributed by atoms with Crippen LogP contribution in [0, 0.1) is 0 Å². The van der Waals surface area contributed by atoms with Gasteiger partial charge in [0, 0.05) is 31.8 Å². The summed E-state index contributed by atoms with van der Waals surface area (Å²) in [7, 11) is 1.67. The van der Waals surface area contributed by atoms with Crippen LogP contribution >= 0.6 is 24.0 Å². The first-order chi connectivity index (χ1) is 8.95. The normalized spacial score (nSPS) is 19.3. The summed E-state index contributed by atoms with van der Waals surface area (Å²) < 4.78 is 10.4. The molecule has 1 fully saturated rings. The van der Waals surface area contributed by atoms with E-state index in [-0.39, 0.29) is 35.6 Å². The Morgan fingerprint density at radius 2 is 2.05 bits per heavy atom. The molecule has 20 heavy (non-hydrogen) atoms. The van der Waals surface area contributed by atoms with Crippen molar-refractivity contribution in [2.75, 3.05) is 46.6 Å². The van der Waals surface area contributed by atoms with Gasteiger partial charge in [0.1, 0.15) is 0 Å². The lowest BCUT2D eigenvalue weighted by Gasteiger charge is -2.39. The highest BCUT2D eigenvalue weighted by atomic mass is 127. The van der Waals surface area contributed by atoms with Gasteiger partial charge in [-0.3, -0.25) is 9.89 Å². The first kappa shape index (κ1) is 19.9. The van der Waals surface area contributed by atoms with Crippen molar-refractivity contribution >= 4 is 29.9 Å². The molecule has 0 amide bonds. The lowest BCUT2D eigenvalue weighted by atomic mass is 10.0. The number of morpholine rings is 1. The molecule has 0 bridgehead atoms. The Morgan fingerprint density at radius 1 is 1.45 bits per heavy atom. The molecule has 0 saturated carbocycles. The van der Waals surface area contributed by atoms with Gasteiger partial charge in [-0.15, -0.1) is 24.0 Å². The van der Waals surface area contributed by atoms with Crippen molar-refractivity contribution in [3.63, 3.8) is 0 Å². The van der Waals surface area contributed by atoms with Crippen LogP contribution in [-0.2, 0) is 9.47 Å². The van der Waals surface area contributed by atoms with Crippen LogP contribution in [-0.4, -0.2) is 69.0 Å². The van der Waals surface area contributed by atoms with Gasteiger partial charge in [0.05, 0.1) is 26.4 Å². The molecule has 1 aliphatic rings. The fourth-order valence-electron chi connectivity index (χ4n) is 2.14. The number of guanidine groups is 1. The standard InChI is InChI=1S/C13H28N4O2.HI/c1-11(9-18-4)16-12(14)15-10-13(2,3)17-5-7-19-8-6-17;/h11H,5-10H2,1-4H3,(H3,14,15,16);1H. The van der Waals surface area contributed by atoms with E-state index in [0.717, 1.165) is 26.3 Å². The van der Waals surface area contributed by atoms with Gasteiger partial charge in [-0.25, -0.2) is 0 Å². The molecule has 1 unspecified atom stereocenters. The van der Waals surface area contributed by atoms with Crippen LogP contribution in [0.5, 0.6) is 0 Å². The molecule has 1 heterocycles. The van der Waals surface area contributed by atoms with Gasteiger partial charge in [-0.05, 0) is 20.8 Å². The van der Waals surface area contributed by atoms with Gasteiger partial charge in [-0.1, -0.05) is 0 Å². The minimum Gasteiger partial charge on any atom is -0.383 e. The number of methoxy groups -OCH3 is 1. The Morgan fingerprint density at radius 3 is 2.60 bits per heavy atom. The van der Waals surface area contributed by atoms with Crippen LogP contribution in [0.15, 0.2) is 4.99 Å². The van der Waals surface area contributed by atoms with Crippen molar-refractivity contribution in [3.8, 4) is 0 Å². The van der Waals surface area contributed by atoms with Gasteiger partial charge in [0.15, 0.2) is 5.96 Å². The van der Waals surface area contributed by atoms with Crippen molar-refractivity contribution in [2.24, 2.45) is 10.7 Å². The number of ether oxygens (including phenoxy) is 2. The van der Waals surface area contributed by atoms with Crippen molar-refractivity contribution < 1.29 is 9.47 Å². The second-order valence-corrected chi connectivity index (χ2v) is 5.61. The number of rotatable bonds is 6. The van der Waals surface area contributed by atoms with Crippen LogP contribution < -0.4 is 11.1 Å². The number of nitrogens with zero attached hydrogens (tertiary/aromatic N) is 2. The van der Waals surface area contributed by atoms with Gasteiger partial charge in [0.2, 0.25) is 0 Å². The van der Waals surface area contributed by atoms with E-state index in [2.05, 4.69) is 29.1 Å². The number of hydrogen-bond donors (Lipinski definition) is 2. The van der Waals surface area contributed by atoms with Gasteiger partial charge in [-0.2, -0.15) is 0 Å². The predicted molar refractivity (Wildman–Crippen MR) is 92.8 cm³/mol. The fraction of sp³-hybridized carbons (Fsp3) is 0.923. The number of nitrogens with one attached hydrogen (secondary N) is 1. The summed E-state index contributed by atoms with van der Waals surface area (Å²) in [5.74, 6) is 0.478. The molecule has 120 valence electrons. The summed E-state index contributed by atoms with van der Waals surface area (Å²) in [6, 6.07) is 0.167. The molecule has 7 heteroatoms. The molecule has 1 saturated heterocycles. The predicted octanol–water partition coefficient (Wildman–Crippen LogP) is 0.654. The summed E-state index contributed by atoms with van der Waals surface area (Å²) >= 11 is 0. The third kappa shape index (κ3) is 7.05. The molecule has 1 atom stereocenters. The van der Waals surface area contributed by atoms with E-state index in [1.807, 2.05) is 6.92 Å². The number of aliphatic imine (C=N–C) groups is 1. The first-order valence-electron chi connectivity index (χ1n) is 6.84. The smallest absolute Gasteiger partial charge is 0.188 e. The number of halogens is 1. The molecule has 0 aromatic carbocycles. The van der Waals surface area contributed by atoms with Crippen molar-refractivity contribution in [1.82, 2.24) is 10.2 Å². The summed E-state index contributed by atoms with van der Waals surface area (Å²) in [5, 5.41) is 3.12. The molecule has 6 nitrogen and oxygen atoms in total. The quantitative estimate of drug-likeness (QED) is 0.389. The van der Waals surface area contributed by atoms with Crippen LogP contribution in [0.4, 0.5) is 0 Å². The van der Waals surface area contributed by atoms with Crippen LogP contribution in [0.1, 0.15) is 20.8 Å².